The molecule has 0 saturated carbocycles. The van der Waals surface area contributed by atoms with Crippen LogP contribution in [0.5, 0.6) is 0 Å². The van der Waals surface area contributed by atoms with Crippen LogP contribution < -0.4 is 5.32 Å². The maximum absolute atomic E-state index is 12.0. The summed E-state index contributed by atoms with van der Waals surface area (Å²) >= 11 is 0. The molecular weight excluding hydrogens is 278 g/mol. The van der Waals surface area contributed by atoms with Crippen molar-refractivity contribution in [2.75, 3.05) is 19.8 Å². The monoisotopic (exact) mass is 303 g/mol. The number of imidazole rings is 1. The van der Waals surface area contributed by atoms with Crippen LogP contribution in [0.3, 0.4) is 0 Å². The smallest absolute Gasteiger partial charge is 0.240 e. The number of para-hydroxylation sites is 2. The lowest BCUT2D eigenvalue weighted by Gasteiger charge is -2.08. The SMILES string of the molecule is CCCCOCCCNC(=O)Cn1c(C)nc2ccccc21. The van der Waals surface area contributed by atoms with Gasteiger partial charge in [0.2, 0.25) is 5.91 Å². The molecule has 1 aromatic heterocycles. The Bertz CT molecular complexity index is 607. The molecule has 0 unspecified atom stereocenters. The van der Waals surface area contributed by atoms with Crippen molar-refractivity contribution < 1.29 is 9.53 Å². The zero-order chi connectivity index (χ0) is 15.8. The number of amides is 1. The molecule has 0 aliphatic heterocycles. The highest BCUT2D eigenvalue weighted by atomic mass is 16.5. The van der Waals surface area contributed by atoms with Crippen LogP contribution in [0.4, 0.5) is 0 Å². The Labute approximate surface area is 131 Å². The molecule has 0 radical (unpaired) electrons. The predicted molar refractivity (Wildman–Crippen MR) is 87.8 cm³/mol. The molecule has 5 heteroatoms. The molecule has 5 nitrogen and oxygen atoms in total. The fraction of sp³-hybridized carbons (Fsp3) is 0.529. The maximum atomic E-state index is 12.0. The number of unbranched alkanes of at least 4 members (excludes halogenated alkanes) is 1. The second-order valence-corrected chi connectivity index (χ2v) is 5.40. The Morgan fingerprint density at radius 1 is 1.27 bits per heavy atom. The first-order chi connectivity index (χ1) is 10.7. The zero-order valence-corrected chi connectivity index (χ0v) is 13.5. The number of aromatic nitrogens is 2. The average Bonchev–Trinajstić information content (AvgIpc) is 2.82. The first-order valence-corrected chi connectivity index (χ1v) is 7.98. The highest BCUT2D eigenvalue weighted by Crippen LogP contribution is 2.14. The van der Waals surface area contributed by atoms with Gasteiger partial charge in [-0.2, -0.15) is 0 Å². The third-order valence-electron chi connectivity index (χ3n) is 3.58. The van der Waals surface area contributed by atoms with E-state index in [1.54, 1.807) is 0 Å². The molecule has 0 fully saturated rings. The second kappa shape index (κ2) is 8.54. The lowest BCUT2D eigenvalue weighted by Crippen LogP contribution is -2.29. The predicted octanol–water partition coefficient (Wildman–Crippen LogP) is 2.67. The molecule has 1 heterocycles. The third kappa shape index (κ3) is 4.56. The molecular formula is C17H25N3O2. The summed E-state index contributed by atoms with van der Waals surface area (Å²) in [6.07, 6.45) is 3.09. The molecule has 22 heavy (non-hydrogen) atoms. The first-order valence-electron chi connectivity index (χ1n) is 7.98. The second-order valence-electron chi connectivity index (χ2n) is 5.40. The van der Waals surface area contributed by atoms with E-state index in [1.807, 2.05) is 35.8 Å². The van der Waals surface area contributed by atoms with E-state index in [0.29, 0.717) is 19.7 Å². The van der Waals surface area contributed by atoms with Gasteiger partial charge < -0.3 is 14.6 Å². The molecule has 2 rings (SSSR count). The highest BCUT2D eigenvalue weighted by molar-refractivity contribution is 5.81. The van der Waals surface area contributed by atoms with E-state index in [1.165, 1.54) is 0 Å². The summed E-state index contributed by atoms with van der Waals surface area (Å²) < 4.78 is 7.42. The van der Waals surface area contributed by atoms with E-state index in [-0.39, 0.29) is 5.91 Å². The largest absolute Gasteiger partial charge is 0.381 e. The van der Waals surface area contributed by atoms with Crippen LogP contribution >= 0.6 is 0 Å². The summed E-state index contributed by atoms with van der Waals surface area (Å²) in [4.78, 5) is 16.5. The Balaban J connectivity index is 1.76. The van der Waals surface area contributed by atoms with Gasteiger partial charge in [-0.1, -0.05) is 25.5 Å². The van der Waals surface area contributed by atoms with Crippen molar-refractivity contribution in [2.24, 2.45) is 0 Å². The van der Waals surface area contributed by atoms with E-state index in [0.717, 1.165) is 42.7 Å². The van der Waals surface area contributed by atoms with Crippen molar-refractivity contribution in [3.63, 3.8) is 0 Å². The number of benzene rings is 1. The van der Waals surface area contributed by atoms with Gasteiger partial charge in [0.15, 0.2) is 0 Å². The number of rotatable bonds is 9. The average molecular weight is 303 g/mol. The summed E-state index contributed by atoms with van der Waals surface area (Å²) in [6.45, 7) is 6.54. The fourth-order valence-electron chi connectivity index (χ4n) is 2.35. The lowest BCUT2D eigenvalue weighted by atomic mass is 10.3. The molecule has 1 N–H and O–H groups in total. The van der Waals surface area contributed by atoms with Crippen LogP contribution in [-0.2, 0) is 16.1 Å². The van der Waals surface area contributed by atoms with Crippen molar-refractivity contribution in [2.45, 2.75) is 39.7 Å². The zero-order valence-electron chi connectivity index (χ0n) is 13.5. The molecule has 0 aliphatic carbocycles. The number of hydrogen-bond acceptors (Lipinski definition) is 3. The number of aryl methyl sites for hydroxylation is 1. The lowest BCUT2D eigenvalue weighted by molar-refractivity contribution is -0.121. The van der Waals surface area contributed by atoms with Gasteiger partial charge in [-0.05, 0) is 31.9 Å². The third-order valence-corrected chi connectivity index (χ3v) is 3.58. The molecule has 2 aromatic rings. The van der Waals surface area contributed by atoms with E-state index in [4.69, 9.17) is 4.74 Å². The van der Waals surface area contributed by atoms with Crippen molar-refractivity contribution in [3.8, 4) is 0 Å². The van der Waals surface area contributed by atoms with E-state index < -0.39 is 0 Å². The normalized spacial score (nSPS) is 11.0. The maximum Gasteiger partial charge on any atom is 0.240 e. The Kier molecular flexibility index (Phi) is 6.40. The van der Waals surface area contributed by atoms with Gasteiger partial charge in [-0.25, -0.2) is 4.98 Å². The number of ether oxygens (including phenoxy) is 1. The first kappa shape index (κ1) is 16.5. The van der Waals surface area contributed by atoms with Crippen LogP contribution in [0.25, 0.3) is 11.0 Å². The van der Waals surface area contributed by atoms with Crippen molar-refractivity contribution in [3.05, 3.63) is 30.1 Å². The van der Waals surface area contributed by atoms with Crippen molar-refractivity contribution in [1.29, 1.82) is 0 Å². The van der Waals surface area contributed by atoms with Crippen LogP contribution in [0.1, 0.15) is 32.0 Å². The van der Waals surface area contributed by atoms with Crippen LogP contribution in [0, 0.1) is 6.92 Å². The minimum Gasteiger partial charge on any atom is -0.381 e. The summed E-state index contributed by atoms with van der Waals surface area (Å²) in [5, 5.41) is 2.94. The summed E-state index contributed by atoms with van der Waals surface area (Å²) in [5.41, 5.74) is 1.93. The minimum absolute atomic E-state index is 0.0137. The van der Waals surface area contributed by atoms with Gasteiger partial charge in [-0.3, -0.25) is 4.79 Å². The number of hydrogen-bond donors (Lipinski definition) is 1. The van der Waals surface area contributed by atoms with Gasteiger partial charge in [0, 0.05) is 19.8 Å². The molecule has 1 amide bonds. The Morgan fingerprint density at radius 2 is 2.05 bits per heavy atom. The van der Waals surface area contributed by atoms with E-state index in [2.05, 4.69) is 17.2 Å². The summed E-state index contributed by atoms with van der Waals surface area (Å²) in [6, 6.07) is 7.87. The minimum atomic E-state index is 0.0137. The van der Waals surface area contributed by atoms with E-state index >= 15 is 0 Å². The quantitative estimate of drug-likeness (QED) is 0.725. The van der Waals surface area contributed by atoms with Crippen LogP contribution in [0.2, 0.25) is 0 Å². The van der Waals surface area contributed by atoms with Gasteiger partial charge in [0.05, 0.1) is 11.0 Å². The van der Waals surface area contributed by atoms with Crippen LogP contribution in [0.15, 0.2) is 24.3 Å². The number of carbonyl (C=O) groups is 1. The molecule has 120 valence electrons. The fourth-order valence-corrected chi connectivity index (χ4v) is 2.35. The van der Waals surface area contributed by atoms with Gasteiger partial charge in [0.25, 0.3) is 0 Å². The van der Waals surface area contributed by atoms with Gasteiger partial charge >= 0.3 is 0 Å². The number of nitrogens with one attached hydrogen (secondary N) is 1. The standard InChI is InChI=1S/C17H25N3O2/c1-3-4-11-22-12-7-10-18-17(21)13-20-14(2)19-15-8-5-6-9-16(15)20/h5-6,8-9H,3-4,7,10-13H2,1-2H3,(H,18,21). The molecule has 0 bridgehead atoms. The molecule has 0 atom stereocenters. The topological polar surface area (TPSA) is 56.1 Å². The van der Waals surface area contributed by atoms with Gasteiger partial charge in [-0.15, -0.1) is 0 Å². The summed E-state index contributed by atoms with van der Waals surface area (Å²) in [5.74, 6) is 0.874. The summed E-state index contributed by atoms with van der Waals surface area (Å²) in [7, 11) is 0. The molecule has 0 aliphatic rings. The molecule has 1 aromatic carbocycles. The Morgan fingerprint density at radius 3 is 2.86 bits per heavy atom. The molecule has 0 spiro atoms. The molecule has 0 saturated heterocycles. The van der Waals surface area contributed by atoms with Gasteiger partial charge in [0.1, 0.15) is 12.4 Å². The number of nitrogens with zero attached hydrogens (tertiary/aromatic N) is 2. The number of fused-ring (bicyclic) bond motifs is 1. The number of carbonyl (C=O) groups excluding carboxylic acids is 1. The van der Waals surface area contributed by atoms with E-state index in [9.17, 15) is 4.79 Å². The Hall–Kier alpha value is -1.88. The highest BCUT2D eigenvalue weighted by Gasteiger charge is 2.10. The van der Waals surface area contributed by atoms with Crippen LogP contribution in [-0.4, -0.2) is 35.2 Å². The van der Waals surface area contributed by atoms with Crippen molar-refractivity contribution in [1.82, 2.24) is 14.9 Å². The van der Waals surface area contributed by atoms with Crippen molar-refractivity contribution >= 4 is 16.9 Å².